The molecule has 1 atom stereocenters. The van der Waals surface area contributed by atoms with Gasteiger partial charge >= 0.3 is 0 Å². The van der Waals surface area contributed by atoms with Crippen LogP contribution >= 0.6 is 15.9 Å². The summed E-state index contributed by atoms with van der Waals surface area (Å²) in [7, 11) is 0. The fraction of sp³-hybridized carbons (Fsp3) is 0.250. The summed E-state index contributed by atoms with van der Waals surface area (Å²) >= 11 is 3.44. The highest BCUT2D eigenvalue weighted by Crippen LogP contribution is 2.30. The highest BCUT2D eigenvalue weighted by molar-refractivity contribution is 9.10. The fourth-order valence-corrected chi connectivity index (χ4v) is 2.42. The first-order chi connectivity index (χ1) is 8.54. The molecule has 0 aliphatic carbocycles. The number of benzene rings is 2. The van der Waals surface area contributed by atoms with Gasteiger partial charge in [0.2, 0.25) is 0 Å². The van der Waals surface area contributed by atoms with Crippen molar-refractivity contribution in [3.8, 4) is 0 Å². The molecule has 1 N–H and O–H groups in total. The normalized spacial score (nSPS) is 14.2. The first-order valence-electron chi connectivity index (χ1n) is 6.12. The summed E-state index contributed by atoms with van der Waals surface area (Å²) in [5.74, 6) is 0. The molecule has 0 radical (unpaired) electrons. The molecular weight excluding hydrogens is 288 g/mol. The zero-order valence-corrected chi connectivity index (χ0v) is 12.2. The molecule has 0 saturated carbocycles. The predicted octanol–water partition coefficient (Wildman–Crippen LogP) is 4.27. The van der Waals surface area contributed by atoms with Gasteiger partial charge in [0.15, 0.2) is 0 Å². The van der Waals surface area contributed by atoms with E-state index in [0.29, 0.717) is 0 Å². The van der Waals surface area contributed by atoms with E-state index in [-0.39, 0.29) is 0 Å². The highest BCUT2D eigenvalue weighted by Gasteiger charge is 2.25. The molecule has 1 nitrogen and oxygen atoms in total. The second kappa shape index (κ2) is 5.25. The van der Waals surface area contributed by atoms with Crippen molar-refractivity contribution in [3.63, 3.8) is 0 Å². The Labute approximate surface area is 117 Å². The summed E-state index contributed by atoms with van der Waals surface area (Å²) in [5.41, 5.74) is 2.12. The van der Waals surface area contributed by atoms with Crippen LogP contribution in [0.4, 0.5) is 0 Å². The van der Waals surface area contributed by atoms with Gasteiger partial charge in [0.05, 0.1) is 0 Å². The van der Waals surface area contributed by atoms with Crippen molar-refractivity contribution in [3.05, 3.63) is 69.7 Å². The van der Waals surface area contributed by atoms with Gasteiger partial charge in [-0.3, -0.25) is 0 Å². The topological polar surface area (TPSA) is 20.2 Å². The Morgan fingerprint density at radius 2 is 1.72 bits per heavy atom. The van der Waals surface area contributed by atoms with Crippen LogP contribution in [0.1, 0.15) is 30.5 Å². The lowest BCUT2D eigenvalue weighted by Gasteiger charge is -2.25. The first-order valence-corrected chi connectivity index (χ1v) is 6.91. The van der Waals surface area contributed by atoms with Gasteiger partial charge in [0.25, 0.3) is 0 Å². The minimum absolute atomic E-state index is 0.890. The van der Waals surface area contributed by atoms with Gasteiger partial charge < -0.3 is 5.11 Å². The van der Waals surface area contributed by atoms with Crippen molar-refractivity contribution in [2.75, 3.05) is 0 Å². The minimum Gasteiger partial charge on any atom is -0.381 e. The SMILES string of the molecule is CCc1ccc(C(C)(O)c2cccc(Br)c2)cc1. The average molecular weight is 305 g/mol. The summed E-state index contributed by atoms with van der Waals surface area (Å²) < 4.78 is 0.977. The molecule has 94 valence electrons. The van der Waals surface area contributed by atoms with Gasteiger partial charge in [0, 0.05) is 4.47 Å². The standard InChI is InChI=1S/C16H17BrO/c1-3-12-7-9-13(10-8-12)16(2,18)14-5-4-6-15(17)11-14/h4-11,18H,3H2,1-2H3. The predicted molar refractivity (Wildman–Crippen MR) is 78.6 cm³/mol. The molecular formula is C16H17BrO. The fourth-order valence-electron chi connectivity index (χ4n) is 2.02. The third-order valence-corrected chi connectivity index (χ3v) is 3.80. The molecule has 0 aliphatic heterocycles. The highest BCUT2D eigenvalue weighted by atomic mass is 79.9. The molecule has 2 aromatic rings. The number of rotatable bonds is 3. The van der Waals surface area contributed by atoms with E-state index in [1.807, 2.05) is 43.3 Å². The van der Waals surface area contributed by atoms with Crippen LogP contribution in [0.15, 0.2) is 53.0 Å². The van der Waals surface area contributed by atoms with Crippen LogP contribution in [0.3, 0.4) is 0 Å². The smallest absolute Gasteiger partial charge is 0.112 e. The van der Waals surface area contributed by atoms with E-state index in [0.717, 1.165) is 22.0 Å². The van der Waals surface area contributed by atoms with Crippen LogP contribution in [-0.4, -0.2) is 5.11 Å². The summed E-state index contributed by atoms with van der Waals surface area (Å²) in [5, 5.41) is 10.7. The van der Waals surface area contributed by atoms with E-state index in [1.54, 1.807) is 0 Å². The Morgan fingerprint density at radius 3 is 2.28 bits per heavy atom. The van der Waals surface area contributed by atoms with Crippen LogP contribution in [0.2, 0.25) is 0 Å². The molecule has 0 saturated heterocycles. The number of halogens is 1. The van der Waals surface area contributed by atoms with E-state index >= 15 is 0 Å². The van der Waals surface area contributed by atoms with Crippen LogP contribution in [0, 0.1) is 0 Å². The number of hydrogen-bond donors (Lipinski definition) is 1. The van der Waals surface area contributed by atoms with Crippen molar-refractivity contribution in [2.24, 2.45) is 0 Å². The summed E-state index contributed by atoms with van der Waals surface area (Å²) in [6.07, 6.45) is 1.01. The monoisotopic (exact) mass is 304 g/mol. The maximum Gasteiger partial charge on any atom is 0.112 e. The van der Waals surface area contributed by atoms with Crippen molar-refractivity contribution < 1.29 is 5.11 Å². The molecule has 2 aromatic carbocycles. The van der Waals surface area contributed by atoms with Gasteiger partial charge in [-0.1, -0.05) is 59.3 Å². The molecule has 0 spiro atoms. The molecule has 2 heteroatoms. The van der Waals surface area contributed by atoms with Gasteiger partial charge in [-0.2, -0.15) is 0 Å². The average Bonchev–Trinajstić information content (AvgIpc) is 2.39. The summed E-state index contributed by atoms with van der Waals surface area (Å²) in [6, 6.07) is 15.9. The zero-order chi connectivity index (χ0) is 13.2. The van der Waals surface area contributed by atoms with Gasteiger partial charge in [-0.25, -0.2) is 0 Å². The Balaban J connectivity index is 2.40. The molecule has 0 aliphatic rings. The molecule has 18 heavy (non-hydrogen) atoms. The van der Waals surface area contributed by atoms with Crippen LogP contribution in [-0.2, 0) is 12.0 Å². The van der Waals surface area contributed by atoms with Gasteiger partial charge in [-0.05, 0) is 42.2 Å². The maximum absolute atomic E-state index is 10.7. The number of aryl methyl sites for hydroxylation is 1. The second-order valence-corrected chi connectivity index (χ2v) is 5.55. The molecule has 0 amide bonds. The van der Waals surface area contributed by atoms with E-state index in [2.05, 4.69) is 35.0 Å². The second-order valence-electron chi connectivity index (χ2n) is 4.63. The molecule has 0 aromatic heterocycles. The third-order valence-electron chi connectivity index (χ3n) is 3.31. The molecule has 0 fully saturated rings. The Kier molecular flexibility index (Phi) is 3.88. The van der Waals surface area contributed by atoms with Crippen LogP contribution < -0.4 is 0 Å². The van der Waals surface area contributed by atoms with E-state index in [1.165, 1.54) is 5.56 Å². The lowest BCUT2D eigenvalue weighted by atomic mass is 9.88. The van der Waals surface area contributed by atoms with Crippen LogP contribution in [0.5, 0.6) is 0 Å². The Hall–Kier alpha value is -1.12. The van der Waals surface area contributed by atoms with Crippen molar-refractivity contribution in [1.82, 2.24) is 0 Å². The molecule has 1 unspecified atom stereocenters. The lowest BCUT2D eigenvalue weighted by Crippen LogP contribution is -2.22. The Bertz CT molecular complexity index is 529. The quantitative estimate of drug-likeness (QED) is 0.898. The van der Waals surface area contributed by atoms with Gasteiger partial charge in [0.1, 0.15) is 5.60 Å². The Morgan fingerprint density at radius 1 is 1.06 bits per heavy atom. The zero-order valence-electron chi connectivity index (χ0n) is 10.7. The number of aliphatic hydroxyl groups is 1. The first kappa shape index (κ1) is 13.3. The largest absolute Gasteiger partial charge is 0.381 e. The molecule has 0 bridgehead atoms. The number of hydrogen-bond acceptors (Lipinski definition) is 1. The van der Waals surface area contributed by atoms with E-state index < -0.39 is 5.60 Å². The minimum atomic E-state index is -0.962. The maximum atomic E-state index is 10.7. The molecule has 0 heterocycles. The third kappa shape index (κ3) is 2.65. The van der Waals surface area contributed by atoms with E-state index in [9.17, 15) is 5.11 Å². The lowest BCUT2D eigenvalue weighted by molar-refractivity contribution is 0.102. The summed E-state index contributed by atoms with van der Waals surface area (Å²) in [4.78, 5) is 0. The van der Waals surface area contributed by atoms with Crippen LogP contribution in [0.25, 0.3) is 0 Å². The molecule has 2 rings (SSSR count). The van der Waals surface area contributed by atoms with Gasteiger partial charge in [-0.15, -0.1) is 0 Å². The summed E-state index contributed by atoms with van der Waals surface area (Å²) in [6.45, 7) is 3.96. The van der Waals surface area contributed by atoms with Crippen molar-refractivity contribution in [2.45, 2.75) is 25.9 Å². The van der Waals surface area contributed by atoms with E-state index in [4.69, 9.17) is 0 Å². The van der Waals surface area contributed by atoms with Crippen molar-refractivity contribution in [1.29, 1.82) is 0 Å². The van der Waals surface area contributed by atoms with Crippen molar-refractivity contribution >= 4 is 15.9 Å².